The first-order chi connectivity index (χ1) is 14.4. The molecule has 3 N–H and O–H groups in total. The van der Waals surface area contributed by atoms with E-state index in [1.807, 2.05) is 34.6 Å². The molecule has 0 saturated heterocycles. The van der Waals surface area contributed by atoms with Crippen LogP contribution in [0.1, 0.15) is 65.5 Å². The number of nitrogens with two attached hydrogens (primary N) is 1. The van der Waals surface area contributed by atoms with Crippen molar-refractivity contribution >= 4 is 17.8 Å². The Morgan fingerprint density at radius 3 is 2.74 bits per heavy atom. The summed E-state index contributed by atoms with van der Waals surface area (Å²) in [5.41, 5.74) is 5.64. The fourth-order valence-electron chi connectivity index (χ4n) is 4.90. The van der Waals surface area contributed by atoms with E-state index in [0.29, 0.717) is 24.8 Å². The van der Waals surface area contributed by atoms with Gasteiger partial charge in [-0.05, 0) is 53.0 Å². The Morgan fingerprint density at radius 2 is 2.06 bits per heavy atom. The van der Waals surface area contributed by atoms with E-state index in [2.05, 4.69) is 10.3 Å². The number of fused-ring (bicyclic) bond motifs is 1. The molecule has 168 valence electrons. The summed E-state index contributed by atoms with van der Waals surface area (Å²) in [7, 11) is 0. The van der Waals surface area contributed by atoms with Crippen molar-refractivity contribution in [3.8, 4) is 5.75 Å². The number of nitrogens with one attached hydrogen (secondary N) is 1. The minimum absolute atomic E-state index is 0.0127. The van der Waals surface area contributed by atoms with Gasteiger partial charge < -0.3 is 15.8 Å². The highest BCUT2D eigenvalue weighted by molar-refractivity contribution is 5.99. The van der Waals surface area contributed by atoms with Gasteiger partial charge in [0.15, 0.2) is 17.5 Å². The molecule has 1 fully saturated rings. The van der Waals surface area contributed by atoms with Gasteiger partial charge in [0.2, 0.25) is 11.8 Å². The molecule has 1 aromatic carbocycles. The molecule has 4 atom stereocenters. The monoisotopic (exact) mass is 430 g/mol. The summed E-state index contributed by atoms with van der Waals surface area (Å²) in [6.07, 6.45) is 1.51. The number of amides is 2. The van der Waals surface area contributed by atoms with Gasteiger partial charge in [0, 0.05) is 23.9 Å². The summed E-state index contributed by atoms with van der Waals surface area (Å²) in [6.45, 7) is 9.44. The summed E-state index contributed by atoms with van der Waals surface area (Å²) < 4.78 is 20.1. The Bertz CT molecular complexity index is 958. The lowest BCUT2D eigenvalue weighted by molar-refractivity contribution is -0.132. The molecule has 8 heteroatoms. The Balaban J connectivity index is 1.46. The Kier molecular flexibility index (Phi) is 5.02. The van der Waals surface area contributed by atoms with Crippen LogP contribution in [0.15, 0.2) is 23.2 Å². The first-order valence-corrected chi connectivity index (χ1v) is 10.8. The van der Waals surface area contributed by atoms with Crippen molar-refractivity contribution < 1.29 is 18.7 Å². The van der Waals surface area contributed by atoms with E-state index in [0.717, 1.165) is 0 Å². The fourth-order valence-corrected chi connectivity index (χ4v) is 4.90. The van der Waals surface area contributed by atoms with Crippen molar-refractivity contribution in [2.75, 3.05) is 0 Å². The van der Waals surface area contributed by atoms with E-state index in [4.69, 9.17) is 10.5 Å². The number of hydrogen-bond acceptors (Lipinski definition) is 5. The van der Waals surface area contributed by atoms with Crippen LogP contribution in [0.4, 0.5) is 4.39 Å². The smallest absolute Gasteiger partial charge is 0.231 e. The van der Waals surface area contributed by atoms with Crippen LogP contribution in [0.2, 0.25) is 0 Å². The first kappa shape index (κ1) is 21.6. The van der Waals surface area contributed by atoms with Crippen molar-refractivity contribution in [2.24, 2.45) is 22.6 Å². The standard InChI is InChI=1S/C23H31FN4O3/c1-12(28-18(29)11-22(2,3)27-21(28)25)14-9-15(14)20(30)26-17-10-23(4,5)31-19-13(17)7-6-8-16(19)24/h6-8,12,14-15,17H,9-11H2,1-5H3,(H2,25,27)(H,26,30)/t12-,14+,15-,17?/m1/s1. The van der Waals surface area contributed by atoms with E-state index in [1.54, 1.807) is 12.1 Å². The first-order valence-electron chi connectivity index (χ1n) is 10.8. The maximum atomic E-state index is 14.3. The molecular weight excluding hydrogens is 399 g/mol. The number of rotatable bonds is 4. The van der Waals surface area contributed by atoms with Gasteiger partial charge in [0.05, 0.1) is 18.0 Å². The molecule has 7 nitrogen and oxygen atoms in total. The number of ether oxygens (including phenoxy) is 1. The highest BCUT2D eigenvalue weighted by Crippen LogP contribution is 2.46. The Hall–Kier alpha value is -2.64. The third-order valence-corrected chi connectivity index (χ3v) is 6.48. The van der Waals surface area contributed by atoms with E-state index < -0.39 is 17.0 Å². The van der Waals surface area contributed by atoms with Gasteiger partial charge in [-0.15, -0.1) is 0 Å². The number of halogens is 1. The van der Waals surface area contributed by atoms with Gasteiger partial charge in [0.1, 0.15) is 5.60 Å². The minimum atomic E-state index is -0.596. The van der Waals surface area contributed by atoms with Crippen LogP contribution < -0.4 is 15.8 Å². The zero-order chi connectivity index (χ0) is 22.7. The SMILES string of the molecule is C[C@H]([C@@H]1C[C@H]1C(=O)NC1CC(C)(C)Oc2c(F)cccc21)N1C(=O)CC(C)(C)N=C1N. The van der Waals surface area contributed by atoms with Crippen molar-refractivity contribution in [1.29, 1.82) is 0 Å². The maximum Gasteiger partial charge on any atom is 0.231 e. The zero-order valence-corrected chi connectivity index (χ0v) is 18.7. The lowest BCUT2D eigenvalue weighted by Gasteiger charge is -2.38. The fraction of sp³-hybridized carbons (Fsp3) is 0.609. The number of hydrogen-bond donors (Lipinski definition) is 2. The van der Waals surface area contributed by atoms with Gasteiger partial charge in [-0.2, -0.15) is 0 Å². The van der Waals surface area contributed by atoms with Crippen molar-refractivity contribution in [1.82, 2.24) is 10.2 Å². The van der Waals surface area contributed by atoms with Crippen molar-refractivity contribution in [3.05, 3.63) is 29.6 Å². The average Bonchev–Trinajstić information content (AvgIpc) is 3.41. The van der Waals surface area contributed by atoms with Gasteiger partial charge in [-0.3, -0.25) is 14.5 Å². The molecule has 2 heterocycles. The lowest BCUT2D eigenvalue weighted by Crippen LogP contribution is -2.54. The van der Waals surface area contributed by atoms with Gasteiger partial charge in [-0.25, -0.2) is 9.38 Å². The lowest BCUT2D eigenvalue weighted by atomic mass is 9.89. The molecule has 1 aromatic rings. The van der Waals surface area contributed by atoms with Crippen molar-refractivity contribution in [3.63, 3.8) is 0 Å². The van der Waals surface area contributed by atoms with E-state index in [1.165, 1.54) is 11.0 Å². The molecular formula is C23H31FN4O3. The Labute approximate surface area is 182 Å². The highest BCUT2D eigenvalue weighted by atomic mass is 19.1. The molecule has 0 aromatic heterocycles. The number of guanidine groups is 1. The number of carbonyl (C=O) groups is 2. The van der Waals surface area contributed by atoms with Crippen molar-refractivity contribution in [2.45, 2.75) is 77.1 Å². The molecule has 1 unspecified atom stereocenters. The second-order valence-electron chi connectivity index (χ2n) is 10.3. The Morgan fingerprint density at radius 1 is 1.35 bits per heavy atom. The number of nitrogens with zero attached hydrogens (tertiary/aromatic N) is 2. The van der Waals surface area contributed by atoms with Crippen LogP contribution in [-0.2, 0) is 9.59 Å². The third-order valence-electron chi connectivity index (χ3n) is 6.48. The second-order valence-corrected chi connectivity index (χ2v) is 10.3. The summed E-state index contributed by atoms with van der Waals surface area (Å²) in [5, 5.41) is 3.09. The third kappa shape index (κ3) is 4.12. The van der Waals surface area contributed by atoms with Gasteiger partial charge in [0.25, 0.3) is 0 Å². The molecule has 3 aliphatic rings. The summed E-state index contributed by atoms with van der Waals surface area (Å²) in [5.74, 6) is -0.358. The topological polar surface area (TPSA) is 97.0 Å². The van der Waals surface area contributed by atoms with Crippen LogP contribution in [0.25, 0.3) is 0 Å². The summed E-state index contributed by atoms with van der Waals surface area (Å²) >= 11 is 0. The molecule has 1 saturated carbocycles. The molecule has 4 rings (SSSR count). The number of aliphatic imine (C=N–C) groups is 1. The zero-order valence-electron chi connectivity index (χ0n) is 18.7. The van der Waals surface area contributed by atoms with E-state index in [-0.39, 0.29) is 47.4 Å². The van der Waals surface area contributed by atoms with Gasteiger partial charge >= 0.3 is 0 Å². The van der Waals surface area contributed by atoms with Crippen LogP contribution in [0.5, 0.6) is 5.75 Å². The maximum absolute atomic E-state index is 14.3. The molecule has 31 heavy (non-hydrogen) atoms. The number of carbonyl (C=O) groups excluding carboxylic acids is 2. The number of benzene rings is 1. The van der Waals surface area contributed by atoms with Crippen LogP contribution in [0.3, 0.4) is 0 Å². The van der Waals surface area contributed by atoms with E-state index in [9.17, 15) is 14.0 Å². The molecule has 0 bridgehead atoms. The molecule has 1 aliphatic carbocycles. The van der Waals surface area contributed by atoms with Gasteiger partial charge in [-0.1, -0.05) is 12.1 Å². The number of para-hydroxylation sites is 1. The highest BCUT2D eigenvalue weighted by Gasteiger charge is 2.51. The molecule has 2 aliphatic heterocycles. The largest absolute Gasteiger partial charge is 0.484 e. The minimum Gasteiger partial charge on any atom is -0.484 e. The van der Waals surface area contributed by atoms with E-state index >= 15 is 0 Å². The predicted molar refractivity (Wildman–Crippen MR) is 115 cm³/mol. The quantitative estimate of drug-likeness (QED) is 0.768. The summed E-state index contributed by atoms with van der Waals surface area (Å²) in [6, 6.07) is 4.24. The summed E-state index contributed by atoms with van der Waals surface area (Å²) in [4.78, 5) is 31.6. The average molecular weight is 431 g/mol. The molecule has 2 amide bonds. The van der Waals surface area contributed by atoms with Crippen LogP contribution >= 0.6 is 0 Å². The predicted octanol–water partition coefficient (Wildman–Crippen LogP) is 2.89. The molecule has 0 radical (unpaired) electrons. The van der Waals surface area contributed by atoms with Crippen LogP contribution in [-0.4, -0.2) is 39.9 Å². The molecule has 0 spiro atoms. The second kappa shape index (κ2) is 7.21. The van der Waals surface area contributed by atoms with Crippen LogP contribution in [0, 0.1) is 17.7 Å². The normalized spacial score (nSPS) is 29.4.